The summed E-state index contributed by atoms with van der Waals surface area (Å²) in [4.78, 5) is 28.1. The number of hydrogen-bond acceptors (Lipinski definition) is 6. The molecule has 2 aromatic rings. The maximum atomic E-state index is 13.4. The van der Waals surface area contributed by atoms with Gasteiger partial charge in [0.2, 0.25) is 11.8 Å². The molecule has 0 saturated carbocycles. The zero-order valence-corrected chi connectivity index (χ0v) is 21.1. The van der Waals surface area contributed by atoms with E-state index in [9.17, 15) is 22.4 Å². The molecule has 3 N–H and O–H groups in total. The van der Waals surface area contributed by atoms with Crippen LogP contribution in [0.3, 0.4) is 0 Å². The predicted octanol–water partition coefficient (Wildman–Crippen LogP) is 1.48. The van der Waals surface area contributed by atoms with Crippen LogP contribution in [-0.2, 0) is 31.1 Å². The Morgan fingerprint density at radius 3 is 2.61 bits per heavy atom. The number of morpholine rings is 1. The summed E-state index contributed by atoms with van der Waals surface area (Å²) in [6.07, 6.45) is -0.104. The highest BCUT2D eigenvalue weighted by Crippen LogP contribution is 2.24. The first-order chi connectivity index (χ1) is 17.2. The molecular formula is C23H27ClFN5O5S. The standard InChI is InChI=1S/C23H27ClFN5O5S/c1-29-21(23(32)27-16-6-7-18(25)17(24)12-16)13-19(28-36(29,33)34)22(31)26-14-15-4-2-3-5-20(15)30-8-10-35-11-9-30/h2-7,12,19,21,28H,8-11,13-14H2,1H3,(H,26,31)(H,27,32). The van der Waals surface area contributed by atoms with Crippen molar-refractivity contribution in [3.63, 3.8) is 0 Å². The van der Waals surface area contributed by atoms with Gasteiger partial charge in [0, 0.05) is 38.1 Å². The number of benzene rings is 2. The van der Waals surface area contributed by atoms with E-state index in [2.05, 4.69) is 20.3 Å². The fraction of sp³-hybridized carbons (Fsp3) is 0.391. The van der Waals surface area contributed by atoms with Crippen molar-refractivity contribution >= 4 is 45.0 Å². The highest BCUT2D eigenvalue weighted by molar-refractivity contribution is 7.87. The Bertz CT molecular complexity index is 1240. The quantitative estimate of drug-likeness (QED) is 0.511. The maximum absolute atomic E-state index is 13.4. The Hall–Kier alpha value is -2.77. The van der Waals surface area contributed by atoms with Crippen LogP contribution < -0.4 is 20.3 Å². The third kappa shape index (κ3) is 5.95. The number of amides is 2. The minimum Gasteiger partial charge on any atom is -0.378 e. The lowest BCUT2D eigenvalue weighted by molar-refractivity contribution is -0.124. The van der Waals surface area contributed by atoms with Crippen LogP contribution in [0.2, 0.25) is 5.02 Å². The summed E-state index contributed by atoms with van der Waals surface area (Å²) in [6.45, 7) is 2.88. The molecule has 0 aromatic heterocycles. The Morgan fingerprint density at radius 2 is 1.89 bits per heavy atom. The molecule has 2 atom stereocenters. The molecule has 2 heterocycles. The van der Waals surface area contributed by atoms with Crippen molar-refractivity contribution in [1.29, 1.82) is 0 Å². The zero-order chi connectivity index (χ0) is 25.9. The predicted molar refractivity (Wildman–Crippen MR) is 133 cm³/mol. The van der Waals surface area contributed by atoms with Gasteiger partial charge in [0.1, 0.15) is 17.9 Å². The number of carbonyl (C=O) groups excluding carboxylic acids is 2. The van der Waals surface area contributed by atoms with Crippen molar-refractivity contribution in [3.8, 4) is 0 Å². The first-order valence-corrected chi connectivity index (χ1v) is 13.2. The second kappa shape index (κ2) is 11.1. The van der Waals surface area contributed by atoms with Crippen LogP contribution in [0.4, 0.5) is 15.8 Å². The van der Waals surface area contributed by atoms with Crippen molar-refractivity contribution < 1.29 is 27.1 Å². The van der Waals surface area contributed by atoms with Gasteiger partial charge in [-0.2, -0.15) is 17.4 Å². The maximum Gasteiger partial charge on any atom is 0.280 e. The highest BCUT2D eigenvalue weighted by atomic mass is 35.5. The molecule has 13 heteroatoms. The Balaban J connectivity index is 1.44. The SMILES string of the molecule is CN1C(C(=O)Nc2ccc(F)c(Cl)c2)CC(C(=O)NCc2ccccc2N2CCOCC2)NS1(=O)=O. The Morgan fingerprint density at radius 1 is 1.17 bits per heavy atom. The van der Waals surface area contributed by atoms with Crippen molar-refractivity contribution in [2.45, 2.75) is 25.0 Å². The van der Waals surface area contributed by atoms with E-state index in [4.69, 9.17) is 16.3 Å². The van der Waals surface area contributed by atoms with Gasteiger partial charge in [-0.1, -0.05) is 29.8 Å². The largest absolute Gasteiger partial charge is 0.378 e. The van der Waals surface area contributed by atoms with Gasteiger partial charge < -0.3 is 20.3 Å². The van der Waals surface area contributed by atoms with Gasteiger partial charge in [0.15, 0.2) is 0 Å². The van der Waals surface area contributed by atoms with E-state index >= 15 is 0 Å². The van der Waals surface area contributed by atoms with Gasteiger partial charge in [-0.25, -0.2) is 4.39 Å². The number of likely N-dealkylation sites (N-methyl/N-ethyl adjacent to an activating group) is 1. The van der Waals surface area contributed by atoms with E-state index in [0.717, 1.165) is 34.7 Å². The summed E-state index contributed by atoms with van der Waals surface area (Å²) >= 11 is 5.76. The monoisotopic (exact) mass is 539 g/mol. The second-order valence-corrected chi connectivity index (χ2v) is 10.7. The Labute approximate surface area is 213 Å². The van der Waals surface area contributed by atoms with Crippen LogP contribution in [0, 0.1) is 5.82 Å². The molecule has 2 unspecified atom stereocenters. The molecule has 2 saturated heterocycles. The van der Waals surface area contributed by atoms with E-state index in [1.165, 1.54) is 19.2 Å². The van der Waals surface area contributed by atoms with Crippen LogP contribution in [0.25, 0.3) is 0 Å². The average Bonchev–Trinajstić information content (AvgIpc) is 2.87. The van der Waals surface area contributed by atoms with Crippen molar-refractivity contribution in [2.75, 3.05) is 43.6 Å². The lowest BCUT2D eigenvalue weighted by atomic mass is 10.1. The molecule has 0 aliphatic carbocycles. The Kier molecular flexibility index (Phi) is 8.10. The summed E-state index contributed by atoms with van der Waals surface area (Å²) in [6, 6.07) is 8.94. The van der Waals surface area contributed by atoms with E-state index in [-0.39, 0.29) is 23.7 Å². The molecule has 2 amide bonds. The third-order valence-electron chi connectivity index (χ3n) is 6.17. The van der Waals surface area contributed by atoms with Gasteiger partial charge in [-0.3, -0.25) is 9.59 Å². The van der Waals surface area contributed by atoms with E-state index in [0.29, 0.717) is 13.2 Å². The fourth-order valence-corrected chi connectivity index (χ4v) is 5.59. The van der Waals surface area contributed by atoms with Crippen molar-refractivity contribution in [1.82, 2.24) is 14.3 Å². The van der Waals surface area contributed by atoms with Gasteiger partial charge >= 0.3 is 0 Å². The molecule has 4 rings (SSSR count). The number of anilines is 2. The summed E-state index contributed by atoms with van der Waals surface area (Å²) in [5.41, 5.74) is 2.06. The van der Waals surface area contributed by atoms with Crippen LogP contribution in [-0.4, -0.2) is 70.0 Å². The number of ether oxygens (including phenoxy) is 1. The number of para-hydroxylation sites is 1. The summed E-state index contributed by atoms with van der Waals surface area (Å²) in [5, 5.41) is 5.14. The second-order valence-electron chi connectivity index (χ2n) is 8.51. The van der Waals surface area contributed by atoms with E-state index in [1.54, 1.807) is 0 Å². The number of nitrogens with zero attached hydrogens (tertiary/aromatic N) is 2. The summed E-state index contributed by atoms with van der Waals surface area (Å²) < 4.78 is 47.4. The van der Waals surface area contributed by atoms with E-state index < -0.39 is 39.9 Å². The third-order valence-corrected chi connectivity index (χ3v) is 8.06. The van der Waals surface area contributed by atoms with Gasteiger partial charge in [0.05, 0.1) is 18.2 Å². The van der Waals surface area contributed by atoms with Crippen LogP contribution in [0.15, 0.2) is 42.5 Å². The van der Waals surface area contributed by atoms with Gasteiger partial charge in [-0.05, 0) is 36.2 Å². The summed E-state index contributed by atoms with van der Waals surface area (Å²) in [5.74, 6) is -1.87. The zero-order valence-electron chi connectivity index (χ0n) is 19.5. The topological polar surface area (TPSA) is 120 Å². The minimum atomic E-state index is -4.11. The first kappa shape index (κ1) is 26.3. The first-order valence-electron chi connectivity index (χ1n) is 11.4. The van der Waals surface area contributed by atoms with Gasteiger partial charge in [0.25, 0.3) is 10.2 Å². The molecule has 2 aliphatic rings. The molecule has 10 nitrogen and oxygen atoms in total. The number of halogens is 2. The fourth-order valence-electron chi connectivity index (χ4n) is 4.16. The number of carbonyl (C=O) groups is 2. The molecule has 194 valence electrons. The van der Waals surface area contributed by atoms with E-state index in [1.807, 2.05) is 24.3 Å². The molecular weight excluding hydrogens is 513 g/mol. The van der Waals surface area contributed by atoms with Crippen LogP contribution >= 0.6 is 11.6 Å². The molecule has 2 fully saturated rings. The van der Waals surface area contributed by atoms with Gasteiger partial charge in [-0.15, -0.1) is 0 Å². The van der Waals surface area contributed by atoms with Crippen LogP contribution in [0.5, 0.6) is 0 Å². The lowest BCUT2D eigenvalue weighted by Gasteiger charge is -2.35. The average molecular weight is 540 g/mol. The minimum absolute atomic E-state index is 0.104. The normalized spacial score (nSPS) is 22.1. The lowest BCUT2D eigenvalue weighted by Crippen LogP contribution is -2.62. The molecule has 36 heavy (non-hydrogen) atoms. The molecule has 0 spiro atoms. The van der Waals surface area contributed by atoms with Crippen molar-refractivity contribution in [2.24, 2.45) is 0 Å². The van der Waals surface area contributed by atoms with Crippen LogP contribution in [0.1, 0.15) is 12.0 Å². The number of rotatable bonds is 6. The molecule has 0 radical (unpaired) electrons. The highest BCUT2D eigenvalue weighted by Gasteiger charge is 2.42. The number of hydrogen-bond donors (Lipinski definition) is 3. The van der Waals surface area contributed by atoms with Crippen molar-refractivity contribution in [3.05, 3.63) is 58.9 Å². The molecule has 0 bridgehead atoms. The summed E-state index contributed by atoms with van der Waals surface area (Å²) in [7, 11) is -2.86. The smallest absolute Gasteiger partial charge is 0.280 e. The molecule has 2 aliphatic heterocycles. The number of nitrogens with one attached hydrogen (secondary N) is 3. The molecule has 2 aromatic carbocycles.